The molecule has 2 N–H and O–H groups in total. The predicted octanol–water partition coefficient (Wildman–Crippen LogP) is 1.95. The molecule has 4 atom stereocenters. The highest BCUT2D eigenvalue weighted by atomic mass is 16.5. The average Bonchev–Trinajstić information content (AvgIpc) is 3.35. The minimum atomic E-state index is -0.616. The Morgan fingerprint density at radius 3 is 2.83 bits per heavy atom. The molecular weight excluding hydrogens is 374 g/mol. The van der Waals surface area contributed by atoms with Crippen LogP contribution in [0, 0.1) is 5.41 Å². The van der Waals surface area contributed by atoms with E-state index in [1.54, 1.807) is 18.9 Å². The number of carbonyl (C=O) groups is 1. The zero-order valence-electron chi connectivity index (χ0n) is 17.6. The standard InChI is InChI=1S/C22H33NO6/c1-15(25)22(2)14-23(21(26)13-24)12-18(22)16-6-7-19(27-3)20(11-16)29-10-8-17-5-4-9-28-17/h6-7,11,15,17-18,24-25H,4-5,8-10,12-14H2,1-3H3. The van der Waals surface area contributed by atoms with Crippen LogP contribution in [0.2, 0.25) is 0 Å². The molecule has 1 aromatic rings. The number of rotatable bonds is 8. The van der Waals surface area contributed by atoms with Crippen molar-refractivity contribution in [3.63, 3.8) is 0 Å². The molecular formula is C22H33NO6. The van der Waals surface area contributed by atoms with E-state index in [4.69, 9.17) is 14.2 Å². The van der Waals surface area contributed by atoms with Crippen LogP contribution in [-0.4, -0.2) is 73.2 Å². The Kier molecular flexibility index (Phi) is 7.03. The van der Waals surface area contributed by atoms with Gasteiger partial charge in [-0.05, 0) is 37.5 Å². The summed E-state index contributed by atoms with van der Waals surface area (Å²) >= 11 is 0. The summed E-state index contributed by atoms with van der Waals surface area (Å²) < 4.78 is 17.1. The van der Waals surface area contributed by atoms with Crippen LogP contribution in [0.3, 0.4) is 0 Å². The number of aliphatic hydroxyl groups is 2. The Hall–Kier alpha value is -1.83. The quantitative estimate of drug-likeness (QED) is 0.685. The van der Waals surface area contributed by atoms with Crippen molar-refractivity contribution in [3.05, 3.63) is 23.8 Å². The third kappa shape index (κ3) is 4.68. The third-order valence-corrected chi connectivity index (χ3v) is 6.48. The minimum absolute atomic E-state index is 0.0792. The van der Waals surface area contributed by atoms with Gasteiger partial charge in [0.25, 0.3) is 0 Å². The van der Waals surface area contributed by atoms with E-state index in [-0.39, 0.29) is 17.9 Å². The van der Waals surface area contributed by atoms with Gasteiger partial charge in [0.05, 0.1) is 25.9 Å². The lowest BCUT2D eigenvalue weighted by Gasteiger charge is -2.33. The molecule has 0 aromatic heterocycles. The second-order valence-corrected chi connectivity index (χ2v) is 8.35. The lowest BCUT2D eigenvalue weighted by atomic mass is 9.72. The van der Waals surface area contributed by atoms with E-state index in [1.165, 1.54) is 0 Å². The van der Waals surface area contributed by atoms with Crippen molar-refractivity contribution in [2.75, 3.05) is 40.0 Å². The lowest BCUT2D eigenvalue weighted by Crippen LogP contribution is -2.38. The fraction of sp³-hybridized carbons (Fsp3) is 0.682. The Labute approximate surface area is 172 Å². The fourth-order valence-corrected chi connectivity index (χ4v) is 4.41. The van der Waals surface area contributed by atoms with E-state index < -0.39 is 18.1 Å². The molecule has 0 aliphatic carbocycles. The Morgan fingerprint density at radius 1 is 1.41 bits per heavy atom. The van der Waals surface area contributed by atoms with Crippen molar-refractivity contribution in [3.8, 4) is 11.5 Å². The number of methoxy groups -OCH3 is 1. The molecule has 1 amide bonds. The van der Waals surface area contributed by atoms with E-state index in [1.807, 2.05) is 25.1 Å². The summed E-state index contributed by atoms with van der Waals surface area (Å²) in [5, 5.41) is 19.7. The van der Waals surface area contributed by atoms with E-state index in [9.17, 15) is 15.0 Å². The van der Waals surface area contributed by atoms with Gasteiger partial charge in [-0.2, -0.15) is 0 Å². The maximum Gasteiger partial charge on any atom is 0.248 e. The van der Waals surface area contributed by atoms with Crippen LogP contribution < -0.4 is 9.47 Å². The van der Waals surface area contributed by atoms with Gasteiger partial charge in [-0.1, -0.05) is 13.0 Å². The first kappa shape index (κ1) is 21.9. The monoisotopic (exact) mass is 407 g/mol. The van der Waals surface area contributed by atoms with E-state index in [0.717, 1.165) is 31.4 Å². The van der Waals surface area contributed by atoms with Crippen molar-refractivity contribution >= 4 is 5.91 Å². The van der Waals surface area contributed by atoms with Gasteiger partial charge >= 0.3 is 0 Å². The molecule has 0 spiro atoms. The molecule has 1 aromatic carbocycles. The molecule has 2 aliphatic rings. The zero-order chi connectivity index (χ0) is 21.0. The average molecular weight is 408 g/mol. The second kappa shape index (κ2) is 9.32. The van der Waals surface area contributed by atoms with Gasteiger partial charge in [0.1, 0.15) is 6.61 Å². The molecule has 3 rings (SSSR count). The van der Waals surface area contributed by atoms with Gasteiger partial charge in [-0.15, -0.1) is 0 Å². The number of nitrogens with zero attached hydrogens (tertiary/aromatic N) is 1. The molecule has 4 unspecified atom stereocenters. The number of ether oxygens (including phenoxy) is 3. The normalized spacial score (nSPS) is 27.8. The molecule has 2 aliphatic heterocycles. The summed E-state index contributed by atoms with van der Waals surface area (Å²) in [6.07, 6.45) is 2.66. The SMILES string of the molecule is COc1ccc(C2CN(C(=O)CO)CC2(C)C(C)O)cc1OCCC1CCCO1. The summed E-state index contributed by atoms with van der Waals surface area (Å²) in [6, 6.07) is 5.78. The summed E-state index contributed by atoms with van der Waals surface area (Å²) in [5.41, 5.74) is 0.462. The summed E-state index contributed by atoms with van der Waals surface area (Å²) in [7, 11) is 1.61. The van der Waals surface area contributed by atoms with Crippen molar-refractivity contribution in [1.29, 1.82) is 0 Å². The first-order chi connectivity index (χ1) is 13.9. The molecule has 2 heterocycles. The topological polar surface area (TPSA) is 88.5 Å². The number of hydrogen-bond acceptors (Lipinski definition) is 6. The third-order valence-electron chi connectivity index (χ3n) is 6.48. The maximum atomic E-state index is 12.1. The predicted molar refractivity (Wildman–Crippen MR) is 108 cm³/mol. The van der Waals surface area contributed by atoms with Crippen LogP contribution in [0.15, 0.2) is 18.2 Å². The van der Waals surface area contributed by atoms with Crippen LogP contribution >= 0.6 is 0 Å². The van der Waals surface area contributed by atoms with Crippen LogP contribution in [0.4, 0.5) is 0 Å². The Bertz CT molecular complexity index is 703. The summed E-state index contributed by atoms with van der Waals surface area (Å²) in [5.74, 6) is 0.911. The molecule has 2 fully saturated rings. The highest BCUT2D eigenvalue weighted by Gasteiger charge is 2.48. The molecule has 7 heteroatoms. The Balaban J connectivity index is 1.79. The first-order valence-corrected chi connectivity index (χ1v) is 10.4. The van der Waals surface area contributed by atoms with E-state index >= 15 is 0 Å². The van der Waals surface area contributed by atoms with Gasteiger partial charge < -0.3 is 29.3 Å². The number of aliphatic hydroxyl groups excluding tert-OH is 2. The second-order valence-electron chi connectivity index (χ2n) is 8.35. The zero-order valence-corrected chi connectivity index (χ0v) is 17.6. The van der Waals surface area contributed by atoms with E-state index in [2.05, 4.69) is 0 Å². The molecule has 7 nitrogen and oxygen atoms in total. The van der Waals surface area contributed by atoms with Crippen molar-refractivity contribution in [2.24, 2.45) is 5.41 Å². The number of carbonyl (C=O) groups excluding carboxylic acids is 1. The van der Waals surface area contributed by atoms with Gasteiger partial charge in [-0.25, -0.2) is 0 Å². The number of likely N-dealkylation sites (tertiary alicyclic amines) is 1. The largest absolute Gasteiger partial charge is 0.493 e. The van der Waals surface area contributed by atoms with Crippen LogP contribution in [0.5, 0.6) is 11.5 Å². The van der Waals surface area contributed by atoms with Crippen LogP contribution in [0.25, 0.3) is 0 Å². The van der Waals surface area contributed by atoms with Gasteiger partial charge in [0.15, 0.2) is 11.5 Å². The molecule has 0 bridgehead atoms. The number of amides is 1. The number of hydrogen-bond donors (Lipinski definition) is 2. The van der Waals surface area contributed by atoms with Crippen LogP contribution in [-0.2, 0) is 9.53 Å². The molecule has 29 heavy (non-hydrogen) atoms. The highest BCUT2D eigenvalue weighted by molar-refractivity contribution is 5.77. The fourth-order valence-electron chi connectivity index (χ4n) is 4.41. The van der Waals surface area contributed by atoms with Crippen molar-refractivity contribution in [2.45, 2.75) is 51.2 Å². The molecule has 2 saturated heterocycles. The lowest BCUT2D eigenvalue weighted by molar-refractivity contribution is -0.133. The molecule has 0 radical (unpaired) electrons. The van der Waals surface area contributed by atoms with E-state index in [0.29, 0.717) is 31.2 Å². The Morgan fingerprint density at radius 2 is 2.21 bits per heavy atom. The summed E-state index contributed by atoms with van der Waals surface area (Å²) in [6.45, 7) is 5.42. The minimum Gasteiger partial charge on any atom is -0.493 e. The van der Waals surface area contributed by atoms with Gasteiger partial charge in [0.2, 0.25) is 5.91 Å². The van der Waals surface area contributed by atoms with Crippen LogP contribution in [0.1, 0.15) is 44.6 Å². The maximum absolute atomic E-state index is 12.1. The van der Waals surface area contributed by atoms with Gasteiger partial charge in [-0.3, -0.25) is 4.79 Å². The highest BCUT2D eigenvalue weighted by Crippen LogP contribution is 2.46. The smallest absolute Gasteiger partial charge is 0.248 e. The first-order valence-electron chi connectivity index (χ1n) is 10.4. The molecule has 0 saturated carbocycles. The van der Waals surface area contributed by atoms with Gasteiger partial charge in [0, 0.05) is 37.5 Å². The molecule has 162 valence electrons. The van der Waals surface area contributed by atoms with Crippen molar-refractivity contribution < 1.29 is 29.2 Å². The number of benzene rings is 1. The summed E-state index contributed by atoms with van der Waals surface area (Å²) in [4.78, 5) is 13.7. The van der Waals surface area contributed by atoms with Crippen molar-refractivity contribution in [1.82, 2.24) is 4.90 Å².